The van der Waals surface area contributed by atoms with Gasteiger partial charge in [-0.1, -0.05) is 17.7 Å². The van der Waals surface area contributed by atoms with Gasteiger partial charge in [0, 0.05) is 16.8 Å². The SMILES string of the molecule is Clc1ccc2c(c1)CCc1nn(-c3cccnc3)[c]c1-2. The summed E-state index contributed by atoms with van der Waals surface area (Å²) in [5.41, 5.74) is 5.55. The highest BCUT2D eigenvalue weighted by molar-refractivity contribution is 6.30. The van der Waals surface area contributed by atoms with Gasteiger partial charge in [0.25, 0.3) is 0 Å². The lowest BCUT2D eigenvalue weighted by atomic mass is 9.90. The van der Waals surface area contributed by atoms with Gasteiger partial charge in [0.1, 0.15) is 6.20 Å². The summed E-state index contributed by atoms with van der Waals surface area (Å²) >= 11 is 6.07. The normalized spacial score (nSPS) is 12.8. The highest BCUT2D eigenvalue weighted by atomic mass is 35.5. The Morgan fingerprint density at radius 1 is 1.20 bits per heavy atom. The topological polar surface area (TPSA) is 30.7 Å². The summed E-state index contributed by atoms with van der Waals surface area (Å²) < 4.78 is 1.78. The van der Waals surface area contributed by atoms with Crippen LogP contribution in [-0.4, -0.2) is 14.8 Å². The minimum absolute atomic E-state index is 0.784. The van der Waals surface area contributed by atoms with Gasteiger partial charge in [-0.15, -0.1) is 0 Å². The molecule has 2 aromatic heterocycles. The van der Waals surface area contributed by atoms with Crippen molar-refractivity contribution in [2.24, 2.45) is 0 Å². The second-order valence-corrected chi connectivity index (χ2v) is 5.29. The molecule has 0 amide bonds. The van der Waals surface area contributed by atoms with Crippen LogP contribution in [0.3, 0.4) is 0 Å². The highest BCUT2D eigenvalue weighted by Gasteiger charge is 2.20. The number of rotatable bonds is 1. The number of nitrogens with zero attached hydrogens (tertiary/aromatic N) is 3. The van der Waals surface area contributed by atoms with Gasteiger partial charge in [-0.25, -0.2) is 4.68 Å². The molecular formula is C16H11ClN3. The molecule has 1 aromatic carbocycles. The summed E-state index contributed by atoms with van der Waals surface area (Å²) in [5.74, 6) is 0. The first-order valence-electron chi connectivity index (χ1n) is 6.52. The molecule has 0 spiro atoms. The lowest BCUT2D eigenvalue weighted by Gasteiger charge is -2.14. The van der Waals surface area contributed by atoms with Crippen LogP contribution < -0.4 is 0 Å². The molecule has 4 rings (SSSR count). The van der Waals surface area contributed by atoms with Crippen molar-refractivity contribution in [1.29, 1.82) is 0 Å². The van der Waals surface area contributed by atoms with E-state index < -0.39 is 0 Å². The van der Waals surface area contributed by atoms with E-state index in [1.165, 1.54) is 11.1 Å². The molecule has 2 heterocycles. The number of benzene rings is 1. The maximum Gasteiger partial charge on any atom is 0.101 e. The molecule has 1 aliphatic carbocycles. The third-order valence-electron chi connectivity index (χ3n) is 3.59. The van der Waals surface area contributed by atoms with Crippen LogP contribution in [0.15, 0.2) is 42.7 Å². The smallest absolute Gasteiger partial charge is 0.101 e. The molecule has 20 heavy (non-hydrogen) atoms. The van der Waals surface area contributed by atoms with Crippen molar-refractivity contribution >= 4 is 11.6 Å². The average Bonchev–Trinajstić information content (AvgIpc) is 2.92. The summed E-state index contributed by atoms with van der Waals surface area (Å²) in [6, 6.07) is 9.89. The molecule has 0 saturated carbocycles. The summed E-state index contributed by atoms with van der Waals surface area (Å²) in [6.45, 7) is 0. The number of pyridine rings is 1. The molecule has 0 aliphatic heterocycles. The zero-order valence-electron chi connectivity index (χ0n) is 10.7. The first-order chi connectivity index (χ1) is 9.81. The fourth-order valence-electron chi connectivity index (χ4n) is 2.62. The Bertz CT molecular complexity index is 778. The van der Waals surface area contributed by atoms with E-state index in [1.807, 2.05) is 24.3 Å². The van der Waals surface area contributed by atoms with E-state index in [2.05, 4.69) is 22.3 Å². The fraction of sp³-hybridized carbons (Fsp3) is 0.125. The van der Waals surface area contributed by atoms with E-state index in [0.29, 0.717) is 0 Å². The predicted molar refractivity (Wildman–Crippen MR) is 78.0 cm³/mol. The fourth-order valence-corrected chi connectivity index (χ4v) is 2.82. The number of hydrogen-bond donors (Lipinski definition) is 0. The Kier molecular flexibility index (Phi) is 2.60. The number of fused-ring (bicyclic) bond motifs is 3. The van der Waals surface area contributed by atoms with Gasteiger partial charge in [-0.3, -0.25) is 4.98 Å². The van der Waals surface area contributed by atoms with E-state index in [4.69, 9.17) is 11.6 Å². The van der Waals surface area contributed by atoms with Crippen molar-refractivity contribution in [2.45, 2.75) is 12.8 Å². The van der Waals surface area contributed by atoms with Gasteiger partial charge in [-0.05, 0) is 48.2 Å². The van der Waals surface area contributed by atoms with Crippen LogP contribution in [0.1, 0.15) is 11.3 Å². The number of aryl methyl sites for hydroxylation is 2. The number of halogens is 1. The molecule has 0 fully saturated rings. The van der Waals surface area contributed by atoms with Gasteiger partial charge in [0.05, 0.1) is 17.6 Å². The van der Waals surface area contributed by atoms with E-state index >= 15 is 0 Å². The van der Waals surface area contributed by atoms with Crippen molar-refractivity contribution in [3.63, 3.8) is 0 Å². The quantitative estimate of drug-likeness (QED) is 0.683. The van der Waals surface area contributed by atoms with Crippen molar-refractivity contribution in [3.05, 3.63) is 65.2 Å². The van der Waals surface area contributed by atoms with Crippen LogP contribution in [-0.2, 0) is 12.8 Å². The van der Waals surface area contributed by atoms with Gasteiger partial charge in [-0.2, -0.15) is 5.10 Å². The van der Waals surface area contributed by atoms with Crippen molar-refractivity contribution in [1.82, 2.24) is 14.8 Å². The first kappa shape index (κ1) is 11.7. The molecule has 1 aliphatic rings. The Morgan fingerprint density at radius 2 is 2.15 bits per heavy atom. The Labute approximate surface area is 121 Å². The molecule has 0 saturated heterocycles. The molecule has 0 atom stereocenters. The summed E-state index contributed by atoms with van der Waals surface area (Å²) in [5, 5.41) is 5.41. The Hall–Kier alpha value is -2.13. The largest absolute Gasteiger partial charge is 0.262 e. The maximum atomic E-state index is 6.07. The molecule has 0 bridgehead atoms. The van der Waals surface area contributed by atoms with Gasteiger partial charge < -0.3 is 0 Å². The molecule has 4 heteroatoms. The van der Waals surface area contributed by atoms with E-state index in [0.717, 1.165) is 34.8 Å². The maximum absolute atomic E-state index is 6.07. The highest BCUT2D eigenvalue weighted by Crippen LogP contribution is 2.34. The number of hydrogen-bond acceptors (Lipinski definition) is 2. The third-order valence-corrected chi connectivity index (χ3v) is 3.82. The van der Waals surface area contributed by atoms with Gasteiger partial charge >= 0.3 is 0 Å². The molecule has 3 aromatic rings. The van der Waals surface area contributed by atoms with Crippen LogP contribution in [0.25, 0.3) is 16.8 Å². The summed E-state index contributed by atoms with van der Waals surface area (Å²) in [4.78, 5) is 4.12. The third kappa shape index (κ3) is 1.82. The second kappa shape index (κ2) is 4.46. The molecule has 97 valence electrons. The second-order valence-electron chi connectivity index (χ2n) is 4.86. The van der Waals surface area contributed by atoms with E-state index in [1.54, 1.807) is 17.1 Å². The van der Waals surface area contributed by atoms with Crippen LogP contribution in [0.5, 0.6) is 0 Å². The van der Waals surface area contributed by atoms with Crippen molar-refractivity contribution in [3.8, 4) is 16.8 Å². The van der Waals surface area contributed by atoms with E-state index in [-0.39, 0.29) is 0 Å². The summed E-state index contributed by atoms with van der Waals surface area (Å²) in [7, 11) is 0. The predicted octanol–water partition coefficient (Wildman–Crippen LogP) is 3.49. The van der Waals surface area contributed by atoms with Gasteiger partial charge in [0.15, 0.2) is 0 Å². The molecule has 3 nitrogen and oxygen atoms in total. The number of aromatic nitrogens is 3. The Balaban J connectivity index is 1.86. The monoisotopic (exact) mass is 280 g/mol. The molecule has 1 radical (unpaired) electrons. The lowest BCUT2D eigenvalue weighted by Crippen LogP contribution is -2.03. The first-order valence-corrected chi connectivity index (χ1v) is 6.89. The summed E-state index contributed by atoms with van der Waals surface area (Å²) in [6.07, 6.45) is 8.79. The zero-order valence-corrected chi connectivity index (χ0v) is 11.4. The van der Waals surface area contributed by atoms with Crippen LogP contribution in [0.2, 0.25) is 5.02 Å². The van der Waals surface area contributed by atoms with Crippen LogP contribution in [0.4, 0.5) is 0 Å². The van der Waals surface area contributed by atoms with Crippen LogP contribution >= 0.6 is 11.6 Å². The Morgan fingerprint density at radius 3 is 3.00 bits per heavy atom. The molecule has 0 unspecified atom stereocenters. The van der Waals surface area contributed by atoms with Gasteiger partial charge in [0.2, 0.25) is 0 Å². The van der Waals surface area contributed by atoms with Crippen LogP contribution in [0, 0.1) is 6.20 Å². The standard InChI is InChI=1S/C16H11ClN3/c17-12-4-5-14-11(8-12)3-6-16-15(14)10-20(19-16)13-2-1-7-18-9-13/h1-2,4-5,7-9H,3,6H2. The minimum Gasteiger partial charge on any atom is -0.262 e. The minimum atomic E-state index is 0.784. The molecular weight excluding hydrogens is 270 g/mol. The van der Waals surface area contributed by atoms with Crippen molar-refractivity contribution in [2.75, 3.05) is 0 Å². The average molecular weight is 281 g/mol. The van der Waals surface area contributed by atoms with E-state index in [9.17, 15) is 0 Å². The lowest BCUT2D eigenvalue weighted by molar-refractivity contribution is 0.809. The zero-order chi connectivity index (χ0) is 13.5. The van der Waals surface area contributed by atoms with Crippen molar-refractivity contribution < 1.29 is 0 Å². The molecule has 0 N–H and O–H groups in total.